The molecule has 1 fully saturated rings. The minimum absolute atomic E-state index is 0.0180. The van der Waals surface area contributed by atoms with E-state index in [1.54, 1.807) is 49.4 Å². The van der Waals surface area contributed by atoms with Gasteiger partial charge < -0.3 is 14.6 Å². The maximum atomic E-state index is 13.5. The molecular weight excluding hydrogens is 620 g/mol. The first-order valence-electron chi connectivity index (χ1n) is 12.9. The van der Waals surface area contributed by atoms with E-state index in [-0.39, 0.29) is 27.9 Å². The molecule has 1 atom stereocenters. The molecule has 1 aliphatic heterocycles. The monoisotopic (exact) mass is 644 g/mol. The number of ether oxygens (including phenoxy) is 2. The summed E-state index contributed by atoms with van der Waals surface area (Å²) in [7, 11) is 0. The summed E-state index contributed by atoms with van der Waals surface area (Å²) < 4.78 is 11.7. The molecular formula is C32H25BrN2O6S. The first kappa shape index (κ1) is 29.0. The number of aliphatic hydroxyl groups is 1. The molecule has 1 amide bonds. The Hall–Kier alpha value is -4.54. The topological polar surface area (TPSA) is 106 Å². The van der Waals surface area contributed by atoms with Crippen molar-refractivity contribution in [2.45, 2.75) is 19.6 Å². The average Bonchev–Trinajstić information content (AvgIpc) is 3.51. The highest BCUT2D eigenvalue weighted by Crippen LogP contribution is 2.44. The van der Waals surface area contributed by atoms with Crippen molar-refractivity contribution in [3.05, 3.63) is 129 Å². The van der Waals surface area contributed by atoms with Crippen molar-refractivity contribution in [1.29, 1.82) is 0 Å². The summed E-state index contributed by atoms with van der Waals surface area (Å²) >= 11 is 4.39. The van der Waals surface area contributed by atoms with Crippen molar-refractivity contribution in [3.63, 3.8) is 0 Å². The van der Waals surface area contributed by atoms with Crippen molar-refractivity contribution < 1.29 is 29.0 Å². The smallest absolute Gasteiger partial charge is 0.350 e. The number of aromatic nitrogens is 1. The van der Waals surface area contributed by atoms with Gasteiger partial charge >= 0.3 is 11.9 Å². The number of Topliss-reactive ketones (excluding diaryl/α,β-unsaturated/α-hetero) is 1. The lowest BCUT2D eigenvalue weighted by Crippen LogP contribution is -2.29. The molecule has 0 radical (unpaired) electrons. The molecule has 1 saturated heterocycles. The Morgan fingerprint density at radius 2 is 1.83 bits per heavy atom. The van der Waals surface area contributed by atoms with Crippen LogP contribution in [0.1, 0.15) is 38.1 Å². The molecule has 4 aromatic rings. The van der Waals surface area contributed by atoms with Crippen LogP contribution in [0.2, 0.25) is 0 Å². The fourth-order valence-corrected chi connectivity index (χ4v) is 5.91. The maximum absolute atomic E-state index is 13.5. The number of nitrogens with zero attached hydrogens (tertiary/aromatic N) is 2. The van der Waals surface area contributed by atoms with E-state index in [0.29, 0.717) is 29.2 Å². The van der Waals surface area contributed by atoms with E-state index in [2.05, 4.69) is 27.5 Å². The lowest BCUT2D eigenvalue weighted by atomic mass is 9.95. The highest BCUT2D eigenvalue weighted by atomic mass is 79.9. The number of hydrogen-bond donors (Lipinski definition) is 1. The van der Waals surface area contributed by atoms with E-state index in [9.17, 15) is 19.5 Å². The number of halogens is 1. The summed E-state index contributed by atoms with van der Waals surface area (Å²) in [5, 5.41) is 11.6. The third-order valence-corrected chi connectivity index (χ3v) is 8.12. The first-order valence-corrected chi connectivity index (χ1v) is 14.5. The normalized spacial score (nSPS) is 16.0. The van der Waals surface area contributed by atoms with Gasteiger partial charge in [0.1, 0.15) is 29.6 Å². The molecule has 212 valence electrons. The second-order valence-electron chi connectivity index (χ2n) is 9.32. The van der Waals surface area contributed by atoms with Crippen molar-refractivity contribution in [3.8, 4) is 5.75 Å². The number of ketones is 1. The van der Waals surface area contributed by atoms with Gasteiger partial charge in [-0.3, -0.25) is 14.5 Å². The van der Waals surface area contributed by atoms with Gasteiger partial charge in [-0.2, -0.15) is 0 Å². The number of anilines is 1. The number of carbonyl (C=O) groups excluding carboxylic acids is 3. The van der Waals surface area contributed by atoms with Crippen LogP contribution in [0, 0.1) is 6.92 Å². The summed E-state index contributed by atoms with van der Waals surface area (Å²) in [6.07, 6.45) is 1.45. The number of esters is 1. The van der Waals surface area contributed by atoms with Crippen molar-refractivity contribution in [1.82, 2.24) is 4.98 Å². The Labute approximate surface area is 254 Å². The van der Waals surface area contributed by atoms with Crippen LogP contribution in [0.5, 0.6) is 5.75 Å². The third kappa shape index (κ3) is 5.90. The second kappa shape index (κ2) is 12.5. The molecule has 1 unspecified atom stereocenters. The summed E-state index contributed by atoms with van der Waals surface area (Å²) in [5.41, 5.74) is 2.17. The van der Waals surface area contributed by atoms with Gasteiger partial charge in [0, 0.05) is 10.0 Å². The van der Waals surface area contributed by atoms with Gasteiger partial charge in [-0.1, -0.05) is 82.4 Å². The van der Waals surface area contributed by atoms with Crippen LogP contribution in [0.25, 0.3) is 5.76 Å². The average molecular weight is 646 g/mol. The van der Waals surface area contributed by atoms with Crippen molar-refractivity contribution >= 4 is 55.8 Å². The number of aliphatic hydroxyl groups excluding tert-OH is 1. The zero-order valence-corrected chi connectivity index (χ0v) is 24.9. The van der Waals surface area contributed by atoms with Gasteiger partial charge in [-0.15, -0.1) is 0 Å². The minimum Gasteiger partial charge on any atom is -0.507 e. The zero-order chi connectivity index (χ0) is 29.8. The van der Waals surface area contributed by atoms with Crippen LogP contribution in [-0.2, 0) is 20.9 Å². The lowest BCUT2D eigenvalue weighted by Gasteiger charge is -2.23. The summed E-state index contributed by atoms with van der Waals surface area (Å²) in [5.74, 6) is -2.11. The molecule has 10 heteroatoms. The van der Waals surface area contributed by atoms with Crippen molar-refractivity contribution in [2.24, 2.45) is 0 Å². The molecule has 3 aromatic carbocycles. The van der Waals surface area contributed by atoms with Crippen LogP contribution in [0.3, 0.4) is 0 Å². The van der Waals surface area contributed by atoms with E-state index in [1.807, 2.05) is 36.4 Å². The van der Waals surface area contributed by atoms with Gasteiger partial charge in [-0.25, -0.2) is 9.78 Å². The number of carbonyl (C=O) groups is 3. The number of rotatable bonds is 9. The van der Waals surface area contributed by atoms with Crippen LogP contribution >= 0.6 is 27.3 Å². The molecule has 42 heavy (non-hydrogen) atoms. The molecule has 5 rings (SSSR count). The largest absolute Gasteiger partial charge is 0.507 e. The summed E-state index contributed by atoms with van der Waals surface area (Å²) in [6, 6.07) is 22.4. The van der Waals surface area contributed by atoms with E-state index in [4.69, 9.17) is 9.47 Å². The van der Waals surface area contributed by atoms with Gasteiger partial charge in [0.2, 0.25) is 0 Å². The van der Waals surface area contributed by atoms with Crippen LogP contribution in [-0.4, -0.2) is 34.4 Å². The first-order chi connectivity index (χ1) is 20.3. The standard InChI is InChI=1S/C32H25BrN2O6S/c1-3-16-40-31(39)29-19(2)34-32(42-29)35-26(22-10-7-11-23(33)17-22)25(28(37)30(35)38)27(36)21-12-14-24(15-13-21)41-18-20-8-5-4-6-9-20/h3-15,17,26,36H,1,16,18H2,2H3/b27-25+. The molecule has 0 bridgehead atoms. The molecule has 0 saturated carbocycles. The highest BCUT2D eigenvalue weighted by Gasteiger charge is 2.48. The van der Waals surface area contributed by atoms with Crippen LogP contribution in [0.15, 0.2) is 102 Å². The van der Waals surface area contributed by atoms with Gasteiger partial charge in [-0.05, 0) is 54.4 Å². The van der Waals surface area contributed by atoms with Crippen LogP contribution < -0.4 is 9.64 Å². The Bertz CT molecular complexity index is 1700. The van der Waals surface area contributed by atoms with Gasteiger partial charge in [0.25, 0.3) is 5.78 Å². The Morgan fingerprint density at radius 1 is 1.10 bits per heavy atom. The summed E-state index contributed by atoms with van der Waals surface area (Å²) in [4.78, 5) is 45.4. The third-order valence-electron chi connectivity index (χ3n) is 6.49. The number of benzene rings is 3. The maximum Gasteiger partial charge on any atom is 0.350 e. The second-order valence-corrected chi connectivity index (χ2v) is 11.2. The van der Waals surface area contributed by atoms with Crippen LogP contribution in [0.4, 0.5) is 5.13 Å². The molecule has 1 aliphatic rings. The van der Waals surface area contributed by atoms with E-state index in [0.717, 1.165) is 21.4 Å². The van der Waals surface area contributed by atoms with Gasteiger partial charge in [0.15, 0.2) is 5.13 Å². The number of hydrogen-bond acceptors (Lipinski definition) is 8. The molecule has 2 heterocycles. The fraction of sp³-hybridized carbons (Fsp3) is 0.125. The molecule has 1 aromatic heterocycles. The Kier molecular flexibility index (Phi) is 8.65. The highest BCUT2D eigenvalue weighted by molar-refractivity contribution is 9.10. The minimum atomic E-state index is -1.00. The van der Waals surface area contributed by atoms with E-state index >= 15 is 0 Å². The number of aryl methyl sites for hydroxylation is 1. The van der Waals surface area contributed by atoms with E-state index in [1.165, 1.54) is 11.0 Å². The lowest BCUT2D eigenvalue weighted by molar-refractivity contribution is -0.132. The number of thiazole rings is 1. The number of amides is 1. The molecule has 8 nitrogen and oxygen atoms in total. The quantitative estimate of drug-likeness (QED) is 0.0705. The predicted molar refractivity (Wildman–Crippen MR) is 163 cm³/mol. The zero-order valence-electron chi connectivity index (χ0n) is 22.5. The Balaban J connectivity index is 1.53. The SMILES string of the molecule is C=CCOC(=O)c1sc(N2C(=O)C(=O)/C(=C(/O)c3ccc(OCc4ccccc4)cc3)C2c2cccc(Br)c2)nc1C. The predicted octanol–water partition coefficient (Wildman–Crippen LogP) is 6.76. The Morgan fingerprint density at radius 3 is 2.52 bits per heavy atom. The summed E-state index contributed by atoms with van der Waals surface area (Å²) in [6.45, 7) is 5.55. The van der Waals surface area contributed by atoms with Crippen molar-refractivity contribution in [2.75, 3.05) is 11.5 Å². The fourth-order valence-electron chi connectivity index (χ4n) is 4.50. The molecule has 1 N–H and O–H groups in total. The molecule has 0 aliphatic carbocycles. The van der Waals surface area contributed by atoms with E-state index < -0.39 is 23.7 Å². The van der Waals surface area contributed by atoms with Gasteiger partial charge in [0.05, 0.1) is 17.3 Å². The molecule has 0 spiro atoms.